The molecular weight excluding hydrogens is 340 g/mol. The van der Waals surface area contributed by atoms with E-state index in [1.54, 1.807) is 13.8 Å². The van der Waals surface area contributed by atoms with Gasteiger partial charge in [0.05, 0.1) is 17.4 Å². The third kappa shape index (κ3) is 3.81. The summed E-state index contributed by atoms with van der Waals surface area (Å²) < 4.78 is 1.29. The first-order chi connectivity index (χ1) is 12.1. The van der Waals surface area contributed by atoms with E-state index in [-0.39, 0.29) is 35.5 Å². The number of carbonyl (C=O) groups excluding carboxylic acids is 1. The molecule has 0 aliphatic rings. The maximum Gasteiger partial charge on any atom is 0.329 e. The number of nitrogens with one attached hydrogen (secondary N) is 2. The average Bonchev–Trinajstić information content (AvgIpc) is 2.52. The van der Waals surface area contributed by atoms with Gasteiger partial charge in [-0.2, -0.15) is 0 Å². The fourth-order valence-corrected chi connectivity index (χ4v) is 2.68. The number of amides is 1. The molecule has 0 fully saturated rings. The van der Waals surface area contributed by atoms with E-state index in [1.165, 1.54) is 10.6 Å². The SMILES string of the molecule is CCn1c(=O)[nH]c(=O)c2c(C(=O)NC(C)CC(=O)O)cc(C(C)C)nc21. The number of carboxylic acids is 1. The normalized spacial score (nSPS) is 12.3. The summed E-state index contributed by atoms with van der Waals surface area (Å²) in [6.07, 6.45) is -0.248. The number of fused-ring (bicyclic) bond motifs is 1. The molecule has 2 aromatic heterocycles. The molecule has 2 rings (SSSR count). The number of aryl methyl sites for hydroxylation is 1. The Hall–Kier alpha value is -2.97. The summed E-state index contributed by atoms with van der Waals surface area (Å²) in [7, 11) is 0. The zero-order valence-electron chi connectivity index (χ0n) is 15.1. The highest BCUT2D eigenvalue weighted by Gasteiger charge is 2.21. The largest absolute Gasteiger partial charge is 0.481 e. The Bertz CT molecular complexity index is 974. The second kappa shape index (κ2) is 7.51. The zero-order valence-corrected chi connectivity index (χ0v) is 15.1. The van der Waals surface area contributed by atoms with Gasteiger partial charge in [0, 0.05) is 18.3 Å². The Morgan fingerprint density at radius 3 is 2.50 bits per heavy atom. The van der Waals surface area contributed by atoms with E-state index in [2.05, 4.69) is 15.3 Å². The molecule has 0 aliphatic carbocycles. The van der Waals surface area contributed by atoms with Gasteiger partial charge in [0.2, 0.25) is 0 Å². The van der Waals surface area contributed by atoms with Gasteiger partial charge in [-0.25, -0.2) is 9.78 Å². The van der Waals surface area contributed by atoms with Gasteiger partial charge in [0.25, 0.3) is 11.5 Å². The van der Waals surface area contributed by atoms with E-state index < -0.39 is 29.2 Å². The minimum atomic E-state index is -1.04. The Morgan fingerprint density at radius 1 is 1.31 bits per heavy atom. The van der Waals surface area contributed by atoms with E-state index in [0.717, 1.165) is 0 Å². The van der Waals surface area contributed by atoms with Gasteiger partial charge >= 0.3 is 11.7 Å². The quantitative estimate of drug-likeness (QED) is 0.696. The Morgan fingerprint density at radius 2 is 1.96 bits per heavy atom. The first-order valence-corrected chi connectivity index (χ1v) is 8.36. The molecule has 140 valence electrons. The summed E-state index contributed by atoms with van der Waals surface area (Å²) in [5.41, 5.74) is -0.527. The number of hydrogen-bond donors (Lipinski definition) is 3. The molecule has 0 radical (unpaired) electrons. The van der Waals surface area contributed by atoms with Crippen LogP contribution in [-0.2, 0) is 11.3 Å². The van der Waals surface area contributed by atoms with Crippen LogP contribution in [0.4, 0.5) is 0 Å². The number of carbonyl (C=O) groups is 2. The second-order valence-electron chi connectivity index (χ2n) is 6.42. The highest BCUT2D eigenvalue weighted by molar-refractivity contribution is 6.05. The van der Waals surface area contributed by atoms with Crippen LogP contribution in [0.5, 0.6) is 0 Å². The zero-order chi connectivity index (χ0) is 19.6. The Kier molecular flexibility index (Phi) is 5.59. The number of carboxylic acid groups (broad SMARTS) is 1. The summed E-state index contributed by atoms with van der Waals surface area (Å²) in [6.45, 7) is 7.33. The number of rotatable bonds is 6. The minimum absolute atomic E-state index is 0.0101. The van der Waals surface area contributed by atoms with Gasteiger partial charge < -0.3 is 10.4 Å². The van der Waals surface area contributed by atoms with Gasteiger partial charge in [-0.1, -0.05) is 13.8 Å². The monoisotopic (exact) mass is 362 g/mol. The third-order valence-electron chi connectivity index (χ3n) is 3.98. The van der Waals surface area contributed by atoms with Crippen molar-refractivity contribution < 1.29 is 14.7 Å². The van der Waals surface area contributed by atoms with Crippen LogP contribution in [0.25, 0.3) is 11.0 Å². The van der Waals surface area contributed by atoms with Crippen molar-refractivity contribution in [3.05, 3.63) is 38.2 Å². The van der Waals surface area contributed by atoms with Gasteiger partial charge in [-0.3, -0.25) is 23.9 Å². The predicted octanol–water partition coefficient (Wildman–Crippen LogP) is 0.821. The number of aliphatic carboxylic acids is 1. The van der Waals surface area contributed by atoms with Crippen LogP contribution >= 0.6 is 0 Å². The van der Waals surface area contributed by atoms with Crippen molar-refractivity contribution in [3.63, 3.8) is 0 Å². The smallest absolute Gasteiger partial charge is 0.329 e. The second-order valence-corrected chi connectivity index (χ2v) is 6.42. The number of hydrogen-bond acceptors (Lipinski definition) is 5. The number of pyridine rings is 1. The van der Waals surface area contributed by atoms with Crippen LogP contribution in [-0.4, -0.2) is 37.6 Å². The maximum absolute atomic E-state index is 12.7. The summed E-state index contributed by atoms with van der Waals surface area (Å²) in [4.78, 5) is 54.5. The molecule has 0 saturated carbocycles. The van der Waals surface area contributed by atoms with E-state index in [0.29, 0.717) is 5.69 Å². The molecule has 0 saturated heterocycles. The molecule has 0 spiro atoms. The highest BCUT2D eigenvalue weighted by atomic mass is 16.4. The van der Waals surface area contributed by atoms with Crippen LogP contribution in [0.3, 0.4) is 0 Å². The van der Waals surface area contributed by atoms with Gasteiger partial charge in [-0.05, 0) is 25.8 Å². The first-order valence-electron chi connectivity index (χ1n) is 8.36. The lowest BCUT2D eigenvalue weighted by atomic mass is 10.0. The van der Waals surface area contributed by atoms with Crippen molar-refractivity contribution >= 4 is 22.9 Å². The first kappa shape index (κ1) is 19.4. The Labute approximate surface area is 149 Å². The molecule has 9 heteroatoms. The van der Waals surface area contributed by atoms with Crippen LogP contribution in [0.15, 0.2) is 15.7 Å². The molecule has 9 nitrogen and oxygen atoms in total. The molecular formula is C17H22N4O5. The number of aromatic amines is 1. The lowest BCUT2D eigenvalue weighted by molar-refractivity contribution is -0.137. The molecule has 0 aromatic carbocycles. The predicted molar refractivity (Wildman–Crippen MR) is 95.6 cm³/mol. The van der Waals surface area contributed by atoms with Crippen LogP contribution in [0, 0.1) is 0 Å². The standard InChI is InChI=1S/C17H22N4O5/c1-5-21-14-13(16(25)20-17(21)26)10(7-11(19-14)8(2)3)15(24)18-9(4)6-12(22)23/h7-9H,5-6H2,1-4H3,(H,18,24)(H,22,23)(H,20,25,26). The van der Waals surface area contributed by atoms with Crippen molar-refractivity contribution in [2.45, 2.75) is 52.6 Å². The molecule has 1 amide bonds. The van der Waals surface area contributed by atoms with Crippen molar-refractivity contribution in [1.82, 2.24) is 19.9 Å². The topological polar surface area (TPSA) is 134 Å². The van der Waals surface area contributed by atoms with Crippen LogP contribution in [0.1, 0.15) is 56.1 Å². The van der Waals surface area contributed by atoms with E-state index in [1.807, 2.05) is 13.8 Å². The molecule has 0 aliphatic heterocycles. The third-order valence-corrected chi connectivity index (χ3v) is 3.98. The maximum atomic E-state index is 12.7. The fraction of sp³-hybridized carbons (Fsp3) is 0.471. The summed E-state index contributed by atoms with van der Waals surface area (Å²) in [5.74, 6) is -1.67. The van der Waals surface area contributed by atoms with Crippen molar-refractivity contribution in [2.24, 2.45) is 0 Å². The summed E-state index contributed by atoms with van der Waals surface area (Å²) >= 11 is 0. The van der Waals surface area contributed by atoms with E-state index >= 15 is 0 Å². The van der Waals surface area contributed by atoms with Crippen LogP contribution in [0.2, 0.25) is 0 Å². The average molecular weight is 362 g/mol. The van der Waals surface area contributed by atoms with E-state index in [4.69, 9.17) is 5.11 Å². The van der Waals surface area contributed by atoms with Gasteiger partial charge in [-0.15, -0.1) is 0 Å². The highest BCUT2D eigenvalue weighted by Crippen LogP contribution is 2.19. The molecule has 0 bridgehead atoms. The number of aromatic nitrogens is 3. The molecule has 26 heavy (non-hydrogen) atoms. The summed E-state index contributed by atoms with van der Waals surface area (Å²) in [5, 5.41) is 11.4. The minimum Gasteiger partial charge on any atom is -0.481 e. The molecule has 1 atom stereocenters. The lowest BCUT2D eigenvalue weighted by Gasteiger charge is -2.16. The summed E-state index contributed by atoms with van der Waals surface area (Å²) in [6, 6.07) is 0.886. The molecule has 1 unspecified atom stereocenters. The number of H-pyrrole nitrogens is 1. The fourth-order valence-electron chi connectivity index (χ4n) is 2.68. The Balaban J connectivity index is 2.71. The van der Waals surface area contributed by atoms with Crippen LogP contribution < -0.4 is 16.6 Å². The molecule has 2 aromatic rings. The van der Waals surface area contributed by atoms with Gasteiger partial charge in [0.1, 0.15) is 0 Å². The number of nitrogens with zero attached hydrogens (tertiary/aromatic N) is 2. The van der Waals surface area contributed by atoms with Crippen molar-refractivity contribution in [2.75, 3.05) is 0 Å². The lowest BCUT2D eigenvalue weighted by Crippen LogP contribution is -2.36. The van der Waals surface area contributed by atoms with Gasteiger partial charge in [0.15, 0.2) is 5.65 Å². The molecule has 3 N–H and O–H groups in total. The van der Waals surface area contributed by atoms with Crippen molar-refractivity contribution in [3.8, 4) is 0 Å². The van der Waals surface area contributed by atoms with E-state index in [9.17, 15) is 19.2 Å². The molecule has 2 heterocycles. The van der Waals surface area contributed by atoms with Crippen molar-refractivity contribution in [1.29, 1.82) is 0 Å².